The van der Waals surface area contributed by atoms with Crippen molar-refractivity contribution in [1.82, 2.24) is 9.78 Å². The second-order valence-electron chi connectivity index (χ2n) is 8.81. The molecule has 2 aromatic rings. The third kappa shape index (κ3) is 6.90. The van der Waals surface area contributed by atoms with E-state index in [4.69, 9.17) is 14.6 Å². The molecule has 2 rings (SSSR count). The molecule has 0 saturated carbocycles. The molecular formula is C26H44N2O2Sn. The minimum atomic E-state index is -2.68. The number of hydrogen-bond donors (Lipinski definition) is 0. The molecule has 0 spiro atoms. The summed E-state index contributed by atoms with van der Waals surface area (Å²) in [6.07, 6.45) is 7.86. The van der Waals surface area contributed by atoms with E-state index in [9.17, 15) is 0 Å². The van der Waals surface area contributed by atoms with Gasteiger partial charge in [-0.3, -0.25) is 0 Å². The van der Waals surface area contributed by atoms with Crippen molar-refractivity contribution in [3.8, 4) is 11.5 Å². The van der Waals surface area contributed by atoms with Gasteiger partial charge in [0.2, 0.25) is 0 Å². The number of methoxy groups -OCH3 is 1. The number of aromatic nitrogens is 2. The molecule has 174 valence electrons. The summed E-state index contributed by atoms with van der Waals surface area (Å²) in [4.78, 5) is 0. The average molecular weight is 535 g/mol. The van der Waals surface area contributed by atoms with Gasteiger partial charge in [0.25, 0.3) is 0 Å². The second-order valence-corrected chi connectivity index (χ2v) is 21.7. The molecule has 1 aromatic heterocycles. The van der Waals surface area contributed by atoms with E-state index in [1.54, 1.807) is 10.8 Å². The van der Waals surface area contributed by atoms with Crippen molar-refractivity contribution in [1.29, 1.82) is 0 Å². The molecular weight excluding hydrogens is 491 g/mol. The van der Waals surface area contributed by atoms with E-state index in [-0.39, 0.29) is 0 Å². The van der Waals surface area contributed by atoms with Crippen molar-refractivity contribution in [3.05, 3.63) is 35.5 Å². The molecule has 0 aliphatic rings. The first-order valence-electron chi connectivity index (χ1n) is 12.4. The predicted molar refractivity (Wildman–Crippen MR) is 134 cm³/mol. The Labute approximate surface area is 194 Å². The van der Waals surface area contributed by atoms with Gasteiger partial charge in [0, 0.05) is 0 Å². The Morgan fingerprint density at radius 3 is 1.87 bits per heavy atom. The Morgan fingerprint density at radius 1 is 0.871 bits per heavy atom. The van der Waals surface area contributed by atoms with Gasteiger partial charge in [-0.15, -0.1) is 0 Å². The Kier molecular flexibility index (Phi) is 11.3. The van der Waals surface area contributed by atoms with Crippen LogP contribution in [0, 0.1) is 6.92 Å². The fourth-order valence-electron chi connectivity index (χ4n) is 4.63. The van der Waals surface area contributed by atoms with Crippen LogP contribution in [-0.4, -0.2) is 35.3 Å². The average Bonchev–Trinajstić information content (AvgIpc) is 3.13. The maximum atomic E-state index is 6.58. The van der Waals surface area contributed by atoms with Crippen LogP contribution in [0.3, 0.4) is 0 Å². The van der Waals surface area contributed by atoms with Crippen LogP contribution in [0.15, 0.2) is 24.3 Å². The fraction of sp³-hybridized carbons (Fsp3) is 0.654. The van der Waals surface area contributed by atoms with Crippen LogP contribution < -0.4 is 13.2 Å². The van der Waals surface area contributed by atoms with Crippen LogP contribution in [0.1, 0.15) is 77.5 Å². The van der Waals surface area contributed by atoms with E-state index >= 15 is 0 Å². The zero-order valence-electron chi connectivity index (χ0n) is 20.8. The Hall–Kier alpha value is -1.17. The Balaban J connectivity index is 2.44. The van der Waals surface area contributed by atoms with Gasteiger partial charge in [0.05, 0.1) is 0 Å². The molecule has 4 nitrogen and oxygen atoms in total. The summed E-state index contributed by atoms with van der Waals surface area (Å²) in [6, 6.07) is 8.21. The first-order chi connectivity index (χ1) is 15.0. The van der Waals surface area contributed by atoms with Crippen molar-refractivity contribution < 1.29 is 9.47 Å². The van der Waals surface area contributed by atoms with Crippen LogP contribution in [0.25, 0.3) is 0 Å². The molecule has 0 amide bonds. The summed E-state index contributed by atoms with van der Waals surface area (Å²) < 4.78 is 20.0. The van der Waals surface area contributed by atoms with E-state index in [1.165, 1.54) is 57.4 Å². The van der Waals surface area contributed by atoms with Crippen molar-refractivity contribution in [2.24, 2.45) is 0 Å². The number of ether oxygens (including phenoxy) is 2. The summed E-state index contributed by atoms with van der Waals surface area (Å²) >= 11 is -2.68. The molecule has 0 fully saturated rings. The van der Waals surface area contributed by atoms with Gasteiger partial charge in [0.15, 0.2) is 0 Å². The summed E-state index contributed by atoms with van der Waals surface area (Å²) in [6.45, 7) is 12.9. The molecule has 0 bridgehead atoms. The maximum absolute atomic E-state index is 6.58. The molecule has 1 aromatic carbocycles. The third-order valence-electron chi connectivity index (χ3n) is 6.44. The molecule has 5 heteroatoms. The zero-order chi connectivity index (χ0) is 22.7. The number of benzene rings is 1. The monoisotopic (exact) mass is 536 g/mol. The van der Waals surface area contributed by atoms with Crippen LogP contribution in [0.4, 0.5) is 0 Å². The van der Waals surface area contributed by atoms with E-state index < -0.39 is 18.4 Å². The molecule has 0 aliphatic heterocycles. The second kappa shape index (κ2) is 13.4. The minimum absolute atomic E-state index is 0.588. The molecule has 0 unspecified atom stereocenters. The summed E-state index contributed by atoms with van der Waals surface area (Å²) in [5, 5.41) is 4.98. The van der Waals surface area contributed by atoms with Gasteiger partial charge >= 0.3 is 195 Å². The van der Waals surface area contributed by atoms with Crippen molar-refractivity contribution >= 4 is 22.1 Å². The zero-order valence-corrected chi connectivity index (χ0v) is 23.7. The molecule has 0 saturated heterocycles. The van der Waals surface area contributed by atoms with Gasteiger partial charge < -0.3 is 0 Å². The third-order valence-corrected chi connectivity index (χ3v) is 21.9. The topological polar surface area (TPSA) is 36.3 Å². The standard InChI is InChI=1S/C14H17N2O2.3C4H9.Sn/c1-4-16-9-14(11(2)15-16)18-10-12-5-7-13(17-3)8-6-12;3*1-3-4-2;/h5-8H,4,10H2,1-3H3;3*1,3-4H2,2H3;. The van der Waals surface area contributed by atoms with E-state index in [2.05, 4.69) is 51.4 Å². The molecule has 0 radical (unpaired) electrons. The van der Waals surface area contributed by atoms with Crippen molar-refractivity contribution in [3.63, 3.8) is 0 Å². The van der Waals surface area contributed by atoms with Crippen molar-refractivity contribution in [2.75, 3.05) is 7.11 Å². The van der Waals surface area contributed by atoms with E-state index in [1.807, 2.05) is 12.1 Å². The first-order valence-corrected chi connectivity index (χ1v) is 19.9. The van der Waals surface area contributed by atoms with Gasteiger partial charge in [-0.05, 0) is 0 Å². The van der Waals surface area contributed by atoms with Crippen LogP contribution in [0.2, 0.25) is 13.3 Å². The predicted octanol–water partition coefficient (Wildman–Crippen LogP) is 6.86. The molecule has 1 heterocycles. The van der Waals surface area contributed by atoms with Gasteiger partial charge in [-0.2, -0.15) is 0 Å². The molecule has 0 N–H and O–H groups in total. The van der Waals surface area contributed by atoms with Gasteiger partial charge in [0.1, 0.15) is 0 Å². The van der Waals surface area contributed by atoms with Gasteiger partial charge in [-0.1, -0.05) is 0 Å². The summed E-state index contributed by atoms with van der Waals surface area (Å²) in [5.41, 5.74) is 2.24. The SMILES string of the molecule is CCC[CH2][Sn]([CH2]CCC)([CH2]CCC)[c]1c(OCc2ccc(OC)cc2)c(C)nn1CC. The van der Waals surface area contributed by atoms with Crippen LogP contribution >= 0.6 is 0 Å². The Bertz CT molecular complexity index is 749. The first kappa shape index (κ1) is 26.1. The number of hydrogen-bond acceptors (Lipinski definition) is 3. The summed E-state index contributed by atoms with van der Waals surface area (Å²) in [7, 11) is 1.70. The van der Waals surface area contributed by atoms with E-state index in [0.717, 1.165) is 23.7 Å². The number of rotatable bonds is 15. The number of aryl methyl sites for hydroxylation is 2. The van der Waals surface area contributed by atoms with Crippen molar-refractivity contribution in [2.45, 2.75) is 99.6 Å². The van der Waals surface area contributed by atoms with Crippen LogP contribution in [0.5, 0.6) is 11.5 Å². The number of unbranched alkanes of at least 4 members (excludes halogenated alkanes) is 3. The fourth-order valence-corrected chi connectivity index (χ4v) is 21.9. The quantitative estimate of drug-likeness (QED) is 0.234. The van der Waals surface area contributed by atoms with Crippen LogP contribution in [-0.2, 0) is 13.2 Å². The van der Waals surface area contributed by atoms with Gasteiger partial charge in [-0.25, -0.2) is 0 Å². The molecule has 0 aliphatic carbocycles. The Morgan fingerprint density at radius 2 is 1.42 bits per heavy atom. The molecule has 0 atom stereocenters. The normalized spacial score (nSPS) is 11.7. The van der Waals surface area contributed by atoms with E-state index in [0.29, 0.717) is 6.61 Å². The molecule has 31 heavy (non-hydrogen) atoms. The number of nitrogens with zero attached hydrogens (tertiary/aromatic N) is 2. The summed E-state index contributed by atoms with van der Waals surface area (Å²) in [5.74, 6) is 1.99.